The zero-order valence-corrected chi connectivity index (χ0v) is 12.3. The first-order chi connectivity index (χ1) is 9.36. The van der Waals surface area contributed by atoms with Gasteiger partial charge in [0.05, 0.1) is 19.8 Å². The normalized spacial score (nSPS) is 10.6. The summed E-state index contributed by atoms with van der Waals surface area (Å²) in [5, 5.41) is 3.47. The summed E-state index contributed by atoms with van der Waals surface area (Å²) in [5.74, 6) is 0. The van der Waals surface area contributed by atoms with Crippen molar-refractivity contribution in [2.24, 2.45) is 0 Å². The number of hydrogen-bond donors (Lipinski definition) is 1. The first kappa shape index (κ1) is 16.0. The van der Waals surface area contributed by atoms with Crippen LogP contribution in [-0.2, 0) is 16.1 Å². The number of unbranched alkanes of at least 4 members (excludes halogenated alkanes) is 3. The molecule has 1 aromatic carbocycles. The predicted octanol–water partition coefficient (Wildman–Crippen LogP) is 3.84. The second kappa shape index (κ2) is 10.8. The Morgan fingerprint density at radius 1 is 1.11 bits per heavy atom. The van der Waals surface area contributed by atoms with Crippen molar-refractivity contribution in [2.45, 2.75) is 39.2 Å². The topological polar surface area (TPSA) is 30.5 Å². The van der Waals surface area contributed by atoms with Gasteiger partial charge in [-0.3, -0.25) is 0 Å². The van der Waals surface area contributed by atoms with Crippen molar-refractivity contribution in [1.82, 2.24) is 0 Å². The monoisotopic (exact) mass is 265 g/mol. The minimum atomic E-state index is 0.644. The van der Waals surface area contributed by atoms with Gasteiger partial charge in [0.2, 0.25) is 0 Å². The lowest BCUT2D eigenvalue weighted by molar-refractivity contribution is 0.0617. The predicted molar refractivity (Wildman–Crippen MR) is 80.6 cm³/mol. The third-order valence-electron chi connectivity index (χ3n) is 2.99. The molecule has 0 heterocycles. The summed E-state index contributed by atoms with van der Waals surface area (Å²) >= 11 is 0. The molecule has 0 bridgehead atoms. The molecule has 0 unspecified atom stereocenters. The second-order valence-electron chi connectivity index (χ2n) is 4.73. The Balaban J connectivity index is 2.23. The molecule has 0 aromatic heterocycles. The molecule has 3 nitrogen and oxygen atoms in total. The van der Waals surface area contributed by atoms with Crippen molar-refractivity contribution in [3.05, 3.63) is 29.8 Å². The first-order valence-electron chi connectivity index (χ1n) is 7.26. The average molecular weight is 265 g/mol. The van der Waals surface area contributed by atoms with E-state index in [2.05, 4.69) is 36.5 Å². The Morgan fingerprint density at radius 2 is 2.00 bits per heavy atom. The van der Waals surface area contributed by atoms with Gasteiger partial charge in [-0.25, -0.2) is 0 Å². The highest BCUT2D eigenvalue weighted by Gasteiger charge is 1.96. The van der Waals surface area contributed by atoms with Crippen molar-refractivity contribution in [2.75, 3.05) is 32.2 Å². The van der Waals surface area contributed by atoms with Crippen LogP contribution in [0.3, 0.4) is 0 Å². The van der Waals surface area contributed by atoms with Crippen molar-refractivity contribution >= 4 is 5.69 Å². The minimum absolute atomic E-state index is 0.644. The van der Waals surface area contributed by atoms with E-state index in [4.69, 9.17) is 9.47 Å². The molecule has 0 atom stereocenters. The van der Waals surface area contributed by atoms with E-state index in [1.54, 1.807) is 7.11 Å². The molecule has 0 aliphatic rings. The Kier molecular flexibility index (Phi) is 9.11. The SMILES string of the molecule is CCCCCCNc1cccc(COCCOC)c1. The lowest BCUT2D eigenvalue weighted by Crippen LogP contribution is -2.04. The maximum Gasteiger partial charge on any atom is 0.0718 e. The Bertz CT molecular complexity index is 328. The van der Waals surface area contributed by atoms with Crippen LogP contribution in [0.5, 0.6) is 0 Å². The van der Waals surface area contributed by atoms with Crippen LogP contribution in [0, 0.1) is 0 Å². The van der Waals surface area contributed by atoms with E-state index in [1.165, 1.54) is 36.9 Å². The van der Waals surface area contributed by atoms with Gasteiger partial charge in [-0.05, 0) is 24.1 Å². The molecular formula is C16H27NO2. The molecule has 1 N–H and O–H groups in total. The van der Waals surface area contributed by atoms with E-state index in [-0.39, 0.29) is 0 Å². The van der Waals surface area contributed by atoms with Crippen LogP contribution in [0.15, 0.2) is 24.3 Å². The van der Waals surface area contributed by atoms with Gasteiger partial charge in [-0.15, -0.1) is 0 Å². The fraction of sp³-hybridized carbons (Fsp3) is 0.625. The molecule has 0 saturated carbocycles. The van der Waals surface area contributed by atoms with Crippen molar-refractivity contribution in [1.29, 1.82) is 0 Å². The molecule has 0 amide bonds. The number of rotatable bonds is 11. The van der Waals surface area contributed by atoms with E-state index in [0.717, 1.165) is 6.54 Å². The summed E-state index contributed by atoms with van der Waals surface area (Å²) in [6.07, 6.45) is 5.16. The average Bonchev–Trinajstić information content (AvgIpc) is 2.44. The van der Waals surface area contributed by atoms with Crippen molar-refractivity contribution < 1.29 is 9.47 Å². The molecule has 0 aliphatic carbocycles. The van der Waals surface area contributed by atoms with Gasteiger partial charge in [0.15, 0.2) is 0 Å². The van der Waals surface area contributed by atoms with Crippen LogP contribution in [0.25, 0.3) is 0 Å². The van der Waals surface area contributed by atoms with E-state index in [0.29, 0.717) is 19.8 Å². The molecule has 0 aliphatic heterocycles. The molecule has 0 spiro atoms. The smallest absolute Gasteiger partial charge is 0.0718 e. The van der Waals surface area contributed by atoms with Crippen LogP contribution in [0.1, 0.15) is 38.2 Å². The van der Waals surface area contributed by atoms with E-state index < -0.39 is 0 Å². The van der Waals surface area contributed by atoms with Gasteiger partial charge in [0.1, 0.15) is 0 Å². The fourth-order valence-corrected chi connectivity index (χ4v) is 1.89. The van der Waals surface area contributed by atoms with Crippen LogP contribution in [-0.4, -0.2) is 26.9 Å². The van der Waals surface area contributed by atoms with Crippen molar-refractivity contribution in [3.8, 4) is 0 Å². The maximum atomic E-state index is 5.52. The fourth-order valence-electron chi connectivity index (χ4n) is 1.89. The quantitative estimate of drug-likeness (QED) is 0.617. The third-order valence-corrected chi connectivity index (χ3v) is 2.99. The van der Waals surface area contributed by atoms with Gasteiger partial charge in [-0.1, -0.05) is 38.3 Å². The Labute approximate surface area is 117 Å². The number of hydrogen-bond acceptors (Lipinski definition) is 3. The molecule has 1 rings (SSSR count). The molecule has 0 saturated heterocycles. The highest BCUT2D eigenvalue weighted by Crippen LogP contribution is 2.12. The van der Waals surface area contributed by atoms with Crippen LogP contribution in [0.4, 0.5) is 5.69 Å². The molecule has 1 aromatic rings. The van der Waals surface area contributed by atoms with Crippen LogP contribution < -0.4 is 5.32 Å². The van der Waals surface area contributed by atoms with Gasteiger partial charge < -0.3 is 14.8 Å². The zero-order valence-electron chi connectivity index (χ0n) is 12.3. The maximum absolute atomic E-state index is 5.52. The molecule has 3 heteroatoms. The molecule has 19 heavy (non-hydrogen) atoms. The first-order valence-corrected chi connectivity index (χ1v) is 7.26. The number of ether oxygens (including phenoxy) is 2. The summed E-state index contributed by atoms with van der Waals surface area (Å²) in [5.41, 5.74) is 2.39. The Morgan fingerprint density at radius 3 is 2.79 bits per heavy atom. The standard InChI is InChI=1S/C16H27NO2/c1-3-4-5-6-10-17-16-9-7-8-15(13-16)14-19-12-11-18-2/h7-9,13,17H,3-6,10-12,14H2,1-2H3. The number of methoxy groups -OCH3 is 1. The third kappa shape index (κ3) is 7.85. The highest BCUT2D eigenvalue weighted by atomic mass is 16.5. The lowest BCUT2D eigenvalue weighted by Gasteiger charge is -2.09. The van der Waals surface area contributed by atoms with Crippen molar-refractivity contribution in [3.63, 3.8) is 0 Å². The Hall–Kier alpha value is -1.06. The van der Waals surface area contributed by atoms with Crippen LogP contribution >= 0.6 is 0 Å². The number of anilines is 1. The molecule has 108 valence electrons. The van der Waals surface area contributed by atoms with E-state index in [1.807, 2.05) is 0 Å². The summed E-state index contributed by atoms with van der Waals surface area (Å²) in [4.78, 5) is 0. The lowest BCUT2D eigenvalue weighted by atomic mass is 10.2. The highest BCUT2D eigenvalue weighted by molar-refractivity contribution is 5.45. The summed E-state index contributed by atoms with van der Waals surface area (Å²) in [7, 11) is 1.69. The van der Waals surface area contributed by atoms with E-state index >= 15 is 0 Å². The summed E-state index contributed by atoms with van der Waals surface area (Å²) in [6.45, 7) is 5.23. The van der Waals surface area contributed by atoms with Gasteiger partial charge in [-0.2, -0.15) is 0 Å². The number of nitrogens with one attached hydrogen (secondary N) is 1. The van der Waals surface area contributed by atoms with Gasteiger partial charge in [0, 0.05) is 19.3 Å². The molecule has 0 fully saturated rings. The summed E-state index contributed by atoms with van der Waals surface area (Å²) in [6, 6.07) is 8.43. The minimum Gasteiger partial charge on any atom is -0.385 e. The molecular weight excluding hydrogens is 238 g/mol. The van der Waals surface area contributed by atoms with Gasteiger partial charge >= 0.3 is 0 Å². The van der Waals surface area contributed by atoms with E-state index in [9.17, 15) is 0 Å². The number of benzene rings is 1. The van der Waals surface area contributed by atoms with Crippen LogP contribution in [0.2, 0.25) is 0 Å². The summed E-state index contributed by atoms with van der Waals surface area (Å²) < 4.78 is 10.5. The molecule has 0 radical (unpaired) electrons. The largest absolute Gasteiger partial charge is 0.385 e. The zero-order chi connectivity index (χ0) is 13.8. The second-order valence-corrected chi connectivity index (χ2v) is 4.73. The van der Waals surface area contributed by atoms with Gasteiger partial charge in [0.25, 0.3) is 0 Å².